The predicted octanol–water partition coefficient (Wildman–Crippen LogP) is 1.47. The molecule has 0 aliphatic carbocycles. The number of nitrogens with one attached hydrogen (secondary N) is 4. The summed E-state index contributed by atoms with van der Waals surface area (Å²) < 4.78 is 0. The highest BCUT2D eigenvalue weighted by Gasteiger charge is 1.97. The number of carbonyl (C=O) groups excluding carboxylic acids is 2. The first-order chi connectivity index (χ1) is 10.7. The Morgan fingerprint density at radius 3 is 1.73 bits per heavy atom. The molecule has 0 aliphatic heterocycles. The SMILES string of the molecule is CCCC(=O)NCCCCCNNCCCCCNC(C)=O. The van der Waals surface area contributed by atoms with Crippen molar-refractivity contribution < 1.29 is 9.59 Å². The van der Waals surface area contributed by atoms with Crippen molar-refractivity contribution in [3.63, 3.8) is 0 Å². The van der Waals surface area contributed by atoms with Gasteiger partial charge in [-0.15, -0.1) is 0 Å². The molecule has 0 fully saturated rings. The lowest BCUT2D eigenvalue weighted by molar-refractivity contribution is -0.121. The summed E-state index contributed by atoms with van der Waals surface area (Å²) in [5.41, 5.74) is 6.41. The summed E-state index contributed by atoms with van der Waals surface area (Å²) in [4.78, 5) is 21.9. The molecule has 22 heavy (non-hydrogen) atoms. The minimum absolute atomic E-state index is 0.0460. The summed E-state index contributed by atoms with van der Waals surface area (Å²) in [6, 6.07) is 0. The summed E-state index contributed by atoms with van der Waals surface area (Å²) in [6.07, 6.45) is 8.08. The van der Waals surface area contributed by atoms with E-state index in [1.165, 1.54) is 0 Å². The van der Waals surface area contributed by atoms with Crippen molar-refractivity contribution >= 4 is 11.8 Å². The Morgan fingerprint density at radius 1 is 0.727 bits per heavy atom. The largest absolute Gasteiger partial charge is 0.356 e. The standard InChI is InChI=1S/C16H34N4O2/c1-3-10-16(22)18-12-7-5-9-14-20-19-13-8-4-6-11-17-15(2)21/h19-20H,3-14H2,1-2H3,(H,17,21)(H,18,22). The molecule has 6 heteroatoms. The molecule has 0 spiro atoms. The van der Waals surface area contributed by atoms with E-state index in [4.69, 9.17) is 0 Å². The van der Waals surface area contributed by atoms with E-state index in [0.717, 1.165) is 71.1 Å². The molecule has 0 aromatic carbocycles. The fourth-order valence-electron chi connectivity index (χ4n) is 2.01. The van der Waals surface area contributed by atoms with Crippen LogP contribution in [0, 0.1) is 0 Å². The Morgan fingerprint density at radius 2 is 1.23 bits per heavy atom. The van der Waals surface area contributed by atoms with Crippen LogP contribution in [0.5, 0.6) is 0 Å². The van der Waals surface area contributed by atoms with Crippen molar-refractivity contribution in [2.45, 2.75) is 65.2 Å². The van der Waals surface area contributed by atoms with E-state index >= 15 is 0 Å². The lowest BCUT2D eigenvalue weighted by atomic mass is 10.2. The van der Waals surface area contributed by atoms with Crippen LogP contribution in [0.2, 0.25) is 0 Å². The first-order valence-electron chi connectivity index (χ1n) is 8.63. The van der Waals surface area contributed by atoms with Gasteiger partial charge in [-0.1, -0.05) is 19.8 Å². The van der Waals surface area contributed by atoms with E-state index < -0.39 is 0 Å². The van der Waals surface area contributed by atoms with Gasteiger partial charge in [0, 0.05) is 39.5 Å². The molecule has 4 N–H and O–H groups in total. The third-order valence-corrected chi connectivity index (χ3v) is 3.26. The maximum Gasteiger partial charge on any atom is 0.219 e. The molecule has 0 aliphatic rings. The monoisotopic (exact) mass is 314 g/mol. The minimum Gasteiger partial charge on any atom is -0.356 e. The smallest absolute Gasteiger partial charge is 0.219 e. The zero-order chi connectivity index (χ0) is 16.5. The molecular weight excluding hydrogens is 280 g/mol. The highest BCUT2D eigenvalue weighted by molar-refractivity contribution is 5.75. The Labute approximate surface area is 135 Å². The van der Waals surface area contributed by atoms with Gasteiger partial charge in [-0.3, -0.25) is 20.4 Å². The van der Waals surface area contributed by atoms with Gasteiger partial charge in [0.25, 0.3) is 0 Å². The molecule has 0 aromatic heterocycles. The number of hydrazine groups is 1. The number of unbranched alkanes of at least 4 members (excludes halogenated alkanes) is 4. The quantitative estimate of drug-likeness (QED) is 0.272. The summed E-state index contributed by atoms with van der Waals surface area (Å²) in [7, 11) is 0. The van der Waals surface area contributed by atoms with Gasteiger partial charge in [-0.2, -0.15) is 0 Å². The second-order valence-corrected chi connectivity index (χ2v) is 5.56. The average Bonchev–Trinajstić information content (AvgIpc) is 2.47. The van der Waals surface area contributed by atoms with Gasteiger partial charge < -0.3 is 10.6 Å². The van der Waals surface area contributed by atoms with Crippen LogP contribution in [0.1, 0.15) is 65.2 Å². The van der Waals surface area contributed by atoms with E-state index in [9.17, 15) is 9.59 Å². The Hall–Kier alpha value is -1.14. The topological polar surface area (TPSA) is 82.3 Å². The van der Waals surface area contributed by atoms with E-state index in [2.05, 4.69) is 21.5 Å². The number of carbonyl (C=O) groups is 2. The van der Waals surface area contributed by atoms with Crippen molar-refractivity contribution in [1.29, 1.82) is 0 Å². The van der Waals surface area contributed by atoms with Crippen LogP contribution in [0.15, 0.2) is 0 Å². The Bertz CT molecular complexity index is 285. The van der Waals surface area contributed by atoms with E-state index in [0.29, 0.717) is 6.42 Å². The molecule has 130 valence electrons. The molecular formula is C16H34N4O2. The second kappa shape index (κ2) is 16.2. The summed E-state index contributed by atoms with van der Waals surface area (Å²) in [5, 5.41) is 5.72. The molecule has 0 rings (SSSR count). The van der Waals surface area contributed by atoms with Gasteiger partial charge in [-0.05, 0) is 32.1 Å². The maximum absolute atomic E-state index is 11.2. The van der Waals surface area contributed by atoms with E-state index in [-0.39, 0.29) is 11.8 Å². The predicted molar refractivity (Wildman–Crippen MR) is 90.3 cm³/mol. The summed E-state index contributed by atoms with van der Waals surface area (Å²) in [5.74, 6) is 0.213. The third-order valence-electron chi connectivity index (χ3n) is 3.26. The fourth-order valence-corrected chi connectivity index (χ4v) is 2.01. The zero-order valence-electron chi connectivity index (χ0n) is 14.3. The Kier molecular flexibility index (Phi) is 15.4. The molecule has 0 bridgehead atoms. The first-order valence-corrected chi connectivity index (χ1v) is 8.63. The molecule has 0 heterocycles. The number of rotatable bonds is 15. The maximum atomic E-state index is 11.2. The second-order valence-electron chi connectivity index (χ2n) is 5.56. The first kappa shape index (κ1) is 20.9. The van der Waals surface area contributed by atoms with Crippen molar-refractivity contribution in [2.75, 3.05) is 26.2 Å². The number of hydrogen-bond donors (Lipinski definition) is 4. The summed E-state index contributed by atoms with van der Waals surface area (Å²) >= 11 is 0. The molecule has 0 unspecified atom stereocenters. The van der Waals surface area contributed by atoms with Gasteiger partial charge in [0.2, 0.25) is 11.8 Å². The van der Waals surface area contributed by atoms with Crippen molar-refractivity contribution in [2.24, 2.45) is 0 Å². The zero-order valence-corrected chi connectivity index (χ0v) is 14.3. The van der Waals surface area contributed by atoms with Crippen LogP contribution in [0.4, 0.5) is 0 Å². The fraction of sp³-hybridized carbons (Fsp3) is 0.875. The molecule has 0 atom stereocenters. The van der Waals surface area contributed by atoms with Gasteiger partial charge in [0.1, 0.15) is 0 Å². The van der Waals surface area contributed by atoms with Crippen molar-refractivity contribution in [3.05, 3.63) is 0 Å². The van der Waals surface area contributed by atoms with Gasteiger partial charge >= 0.3 is 0 Å². The van der Waals surface area contributed by atoms with Crippen molar-refractivity contribution in [1.82, 2.24) is 21.5 Å². The third kappa shape index (κ3) is 16.9. The van der Waals surface area contributed by atoms with Crippen LogP contribution in [-0.2, 0) is 9.59 Å². The van der Waals surface area contributed by atoms with Crippen LogP contribution in [0.25, 0.3) is 0 Å². The minimum atomic E-state index is 0.0460. The molecule has 0 aromatic rings. The van der Waals surface area contributed by atoms with Gasteiger partial charge in [0.05, 0.1) is 0 Å². The van der Waals surface area contributed by atoms with Crippen molar-refractivity contribution in [3.8, 4) is 0 Å². The van der Waals surface area contributed by atoms with Crippen LogP contribution < -0.4 is 21.5 Å². The molecule has 0 saturated heterocycles. The van der Waals surface area contributed by atoms with Crippen LogP contribution >= 0.6 is 0 Å². The highest BCUT2D eigenvalue weighted by Crippen LogP contribution is 1.94. The van der Waals surface area contributed by atoms with Gasteiger partial charge in [-0.25, -0.2) is 0 Å². The lowest BCUT2D eigenvalue weighted by Crippen LogP contribution is -2.33. The highest BCUT2D eigenvalue weighted by atomic mass is 16.2. The normalized spacial score (nSPS) is 10.5. The molecule has 6 nitrogen and oxygen atoms in total. The lowest BCUT2D eigenvalue weighted by Gasteiger charge is -2.07. The average molecular weight is 314 g/mol. The number of amides is 2. The van der Waals surface area contributed by atoms with Gasteiger partial charge in [0.15, 0.2) is 0 Å². The molecule has 0 saturated carbocycles. The van der Waals surface area contributed by atoms with E-state index in [1.807, 2.05) is 6.92 Å². The van der Waals surface area contributed by atoms with Crippen LogP contribution in [0.3, 0.4) is 0 Å². The molecule has 2 amide bonds. The van der Waals surface area contributed by atoms with Crippen LogP contribution in [-0.4, -0.2) is 38.0 Å². The number of hydrogen-bond acceptors (Lipinski definition) is 4. The summed E-state index contributed by atoms with van der Waals surface area (Å²) in [6.45, 7) is 7.03. The molecule has 0 radical (unpaired) electrons. The van der Waals surface area contributed by atoms with E-state index in [1.54, 1.807) is 6.92 Å². The Balaban J connectivity index is 3.05.